The summed E-state index contributed by atoms with van der Waals surface area (Å²) in [6, 6.07) is 1.22. The Bertz CT molecular complexity index is 211. The molecule has 1 saturated heterocycles. The summed E-state index contributed by atoms with van der Waals surface area (Å²) in [7, 11) is 2.15. The maximum absolute atomic E-state index is 4.48. The van der Waals surface area contributed by atoms with Crippen molar-refractivity contribution < 1.29 is 0 Å². The Kier molecular flexibility index (Phi) is 2.67. The third-order valence-corrected chi connectivity index (χ3v) is 3.82. The third-order valence-electron chi connectivity index (χ3n) is 2.68. The highest BCUT2D eigenvalue weighted by Crippen LogP contribution is 2.21. The van der Waals surface area contributed by atoms with Crippen LogP contribution in [0.2, 0.25) is 0 Å². The number of nitrogens with zero attached hydrogens (tertiary/aromatic N) is 2. The first-order valence-corrected chi connectivity index (χ1v) is 6.04. The van der Waals surface area contributed by atoms with Gasteiger partial charge in [0, 0.05) is 24.9 Å². The largest absolute Gasteiger partial charge is 0.352 e. The average molecular weight is 199 g/mol. The first kappa shape index (κ1) is 9.19. The van der Waals surface area contributed by atoms with E-state index in [1.165, 1.54) is 17.9 Å². The summed E-state index contributed by atoms with van der Waals surface area (Å²) in [5.74, 6) is 3.66. The second-order valence-electron chi connectivity index (χ2n) is 3.84. The molecule has 1 fully saturated rings. The topological polar surface area (TPSA) is 27.6 Å². The lowest BCUT2D eigenvalue weighted by atomic mass is 10.2. The van der Waals surface area contributed by atoms with Crippen LogP contribution in [0.5, 0.6) is 0 Å². The van der Waals surface area contributed by atoms with Gasteiger partial charge in [0.05, 0.1) is 6.54 Å². The molecule has 74 valence electrons. The lowest BCUT2D eigenvalue weighted by Gasteiger charge is -2.26. The van der Waals surface area contributed by atoms with Crippen LogP contribution in [0.1, 0.15) is 13.3 Å². The van der Waals surface area contributed by atoms with Crippen LogP contribution in [-0.2, 0) is 0 Å². The fraction of sp³-hybridized carbons (Fsp3) is 0.889. The van der Waals surface area contributed by atoms with Gasteiger partial charge in [0.2, 0.25) is 0 Å². The van der Waals surface area contributed by atoms with Gasteiger partial charge in [-0.2, -0.15) is 11.8 Å². The van der Waals surface area contributed by atoms with E-state index < -0.39 is 0 Å². The number of hydrogen-bond acceptors (Lipinski definition) is 4. The van der Waals surface area contributed by atoms with Gasteiger partial charge in [-0.1, -0.05) is 0 Å². The highest BCUT2D eigenvalue weighted by Gasteiger charge is 2.25. The summed E-state index contributed by atoms with van der Waals surface area (Å²) in [5.41, 5.74) is 0. The summed E-state index contributed by atoms with van der Waals surface area (Å²) < 4.78 is 0. The van der Waals surface area contributed by atoms with Crippen molar-refractivity contribution in [2.45, 2.75) is 25.4 Å². The van der Waals surface area contributed by atoms with E-state index in [2.05, 4.69) is 29.2 Å². The minimum absolute atomic E-state index is 0.520. The highest BCUT2D eigenvalue weighted by atomic mass is 32.2. The summed E-state index contributed by atoms with van der Waals surface area (Å²) in [4.78, 5) is 6.79. The van der Waals surface area contributed by atoms with Crippen LogP contribution in [0.15, 0.2) is 4.99 Å². The molecule has 13 heavy (non-hydrogen) atoms. The molecule has 0 spiro atoms. The number of guanidine groups is 1. The summed E-state index contributed by atoms with van der Waals surface area (Å²) >= 11 is 2.05. The van der Waals surface area contributed by atoms with Gasteiger partial charge in [0.1, 0.15) is 0 Å². The van der Waals surface area contributed by atoms with E-state index in [9.17, 15) is 0 Å². The van der Waals surface area contributed by atoms with Gasteiger partial charge in [-0.15, -0.1) is 0 Å². The van der Waals surface area contributed by atoms with Gasteiger partial charge in [-0.3, -0.25) is 4.99 Å². The SMILES string of the molecule is CC1CN=C(N(C)C2CCSC2)N1. The molecule has 2 heterocycles. The van der Waals surface area contributed by atoms with Crippen molar-refractivity contribution in [1.82, 2.24) is 10.2 Å². The molecule has 0 saturated carbocycles. The zero-order valence-corrected chi connectivity index (χ0v) is 9.10. The van der Waals surface area contributed by atoms with Crippen molar-refractivity contribution in [1.29, 1.82) is 0 Å². The number of aliphatic imine (C=N–C) groups is 1. The van der Waals surface area contributed by atoms with Crippen LogP contribution >= 0.6 is 11.8 Å². The summed E-state index contributed by atoms with van der Waals surface area (Å²) in [6.07, 6.45) is 1.30. The van der Waals surface area contributed by atoms with Gasteiger partial charge in [0.25, 0.3) is 0 Å². The van der Waals surface area contributed by atoms with Crippen LogP contribution in [0.3, 0.4) is 0 Å². The molecule has 0 aromatic rings. The van der Waals surface area contributed by atoms with Crippen LogP contribution in [0.25, 0.3) is 0 Å². The highest BCUT2D eigenvalue weighted by molar-refractivity contribution is 7.99. The van der Waals surface area contributed by atoms with Gasteiger partial charge in [0.15, 0.2) is 5.96 Å². The molecule has 0 aliphatic carbocycles. The van der Waals surface area contributed by atoms with Crippen LogP contribution in [0.4, 0.5) is 0 Å². The molecule has 2 atom stereocenters. The second kappa shape index (κ2) is 3.78. The van der Waals surface area contributed by atoms with Crippen molar-refractivity contribution in [3.05, 3.63) is 0 Å². The molecule has 0 bridgehead atoms. The fourth-order valence-electron chi connectivity index (χ4n) is 1.75. The van der Waals surface area contributed by atoms with Crippen molar-refractivity contribution in [3.63, 3.8) is 0 Å². The van der Waals surface area contributed by atoms with Crippen molar-refractivity contribution in [3.8, 4) is 0 Å². The Hall–Kier alpha value is -0.380. The van der Waals surface area contributed by atoms with E-state index in [-0.39, 0.29) is 0 Å². The summed E-state index contributed by atoms with van der Waals surface area (Å²) in [6.45, 7) is 3.10. The minimum Gasteiger partial charge on any atom is -0.352 e. The van der Waals surface area contributed by atoms with Crippen LogP contribution in [0, 0.1) is 0 Å². The van der Waals surface area contributed by atoms with Crippen molar-refractivity contribution in [2.24, 2.45) is 4.99 Å². The van der Waals surface area contributed by atoms with E-state index in [1.54, 1.807) is 0 Å². The molecule has 0 amide bonds. The number of nitrogens with one attached hydrogen (secondary N) is 1. The molecule has 4 heteroatoms. The van der Waals surface area contributed by atoms with Gasteiger partial charge in [-0.05, 0) is 19.1 Å². The second-order valence-corrected chi connectivity index (χ2v) is 4.99. The van der Waals surface area contributed by atoms with E-state index in [4.69, 9.17) is 0 Å². The molecule has 3 nitrogen and oxygen atoms in total. The normalized spacial score (nSPS) is 32.9. The lowest BCUT2D eigenvalue weighted by Crippen LogP contribution is -2.44. The quantitative estimate of drug-likeness (QED) is 0.676. The maximum atomic E-state index is 4.48. The zero-order valence-electron chi connectivity index (χ0n) is 8.29. The monoisotopic (exact) mass is 199 g/mol. The van der Waals surface area contributed by atoms with Crippen molar-refractivity contribution in [2.75, 3.05) is 25.1 Å². The molecule has 2 unspecified atom stereocenters. The first-order chi connectivity index (χ1) is 6.27. The fourth-order valence-corrected chi connectivity index (χ4v) is 3.02. The lowest BCUT2D eigenvalue weighted by molar-refractivity contribution is 0.386. The molecule has 2 aliphatic heterocycles. The van der Waals surface area contributed by atoms with Gasteiger partial charge < -0.3 is 10.2 Å². The Morgan fingerprint density at radius 3 is 3.00 bits per heavy atom. The predicted molar refractivity (Wildman–Crippen MR) is 58.4 cm³/mol. The van der Waals surface area contributed by atoms with E-state index in [0.29, 0.717) is 12.1 Å². The number of rotatable bonds is 1. The molecule has 2 rings (SSSR count). The molecular weight excluding hydrogens is 182 g/mol. The molecule has 1 N–H and O–H groups in total. The van der Waals surface area contributed by atoms with E-state index in [0.717, 1.165) is 12.5 Å². The Morgan fingerprint density at radius 2 is 2.46 bits per heavy atom. The van der Waals surface area contributed by atoms with Crippen LogP contribution < -0.4 is 5.32 Å². The van der Waals surface area contributed by atoms with Crippen LogP contribution in [-0.4, -0.2) is 48.0 Å². The first-order valence-electron chi connectivity index (χ1n) is 4.89. The smallest absolute Gasteiger partial charge is 0.194 e. The predicted octanol–water partition coefficient (Wildman–Crippen LogP) is 0.771. The molecule has 2 aliphatic rings. The third kappa shape index (κ3) is 1.93. The standard InChI is InChI=1S/C9H17N3S/c1-7-5-10-9(11-7)12(2)8-3-4-13-6-8/h7-8H,3-6H2,1-2H3,(H,10,11). The maximum Gasteiger partial charge on any atom is 0.194 e. The Morgan fingerprint density at radius 1 is 1.62 bits per heavy atom. The Balaban J connectivity index is 1.92. The number of thioether (sulfide) groups is 1. The molecular formula is C9H17N3S. The van der Waals surface area contributed by atoms with E-state index >= 15 is 0 Å². The van der Waals surface area contributed by atoms with E-state index in [1.807, 2.05) is 11.8 Å². The molecule has 0 radical (unpaired) electrons. The van der Waals surface area contributed by atoms with Gasteiger partial charge >= 0.3 is 0 Å². The Labute approximate surface area is 84.0 Å². The minimum atomic E-state index is 0.520. The number of hydrogen-bond donors (Lipinski definition) is 1. The molecule has 0 aromatic heterocycles. The van der Waals surface area contributed by atoms with Crippen molar-refractivity contribution >= 4 is 17.7 Å². The van der Waals surface area contributed by atoms with Gasteiger partial charge in [-0.25, -0.2) is 0 Å². The zero-order chi connectivity index (χ0) is 9.26. The average Bonchev–Trinajstić information content (AvgIpc) is 2.72. The summed E-state index contributed by atoms with van der Waals surface area (Å²) in [5, 5.41) is 3.40. The molecule has 0 aromatic carbocycles.